The minimum atomic E-state index is -0.0853. The first-order chi connectivity index (χ1) is 14.0. The van der Waals surface area contributed by atoms with Gasteiger partial charge < -0.3 is 15.2 Å². The van der Waals surface area contributed by atoms with E-state index in [9.17, 15) is 9.59 Å². The van der Waals surface area contributed by atoms with Crippen LogP contribution >= 0.6 is 0 Å². The number of aromatic amines is 1. The molecule has 2 amide bonds. The minimum Gasteiger partial charge on any atom is -0.335 e. The quantitative estimate of drug-likeness (QED) is 0.771. The van der Waals surface area contributed by atoms with Crippen molar-refractivity contribution in [3.05, 3.63) is 45.2 Å². The Morgan fingerprint density at radius 1 is 1.03 bits per heavy atom. The lowest BCUT2D eigenvalue weighted by molar-refractivity contribution is 0.164. The van der Waals surface area contributed by atoms with E-state index in [2.05, 4.69) is 29.4 Å². The number of carbonyl (C=O) groups excluding carboxylic acids is 1. The van der Waals surface area contributed by atoms with Gasteiger partial charge in [0.25, 0.3) is 5.56 Å². The van der Waals surface area contributed by atoms with Gasteiger partial charge in [-0.2, -0.15) is 0 Å². The lowest BCUT2D eigenvalue weighted by Gasteiger charge is -2.32. The average molecular weight is 396 g/mol. The van der Waals surface area contributed by atoms with Crippen molar-refractivity contribution in [3.63, 3.8) is 0 Å². The normalized spacial score (nSPS) is 18.3. The second kappa shape index (κ2) is 8.60. The molecule has 1 aromatic carbocycles. The van der Waals surface area contributed by atoms with E-state index in [0.717, 1.165) is 55.0 Å². The highest BCUT2D eigenvalue weighted by Crippen LogP contribution is 2.26. The van der Waals surface area contributed by atoms with Gasteiger partial charge in [-0.05, 0) is 62.6 Å². The molecule has 29 heavy (non-hydrogen) atoms. The van der Waals surface area contributed by atoms with Gasteiger partial charge in [-0.1, -0.05) is 43.7 Å². The first-order valence-corrected chi connectivity index (χ1v) is 11.2. The molecule has 2 aliphatic rings. The number of pyridine rings is 1. The number of urea groups is 1. The smallest absolute Gasteiger partial charge is 0.318 e. The third-order valence-corrected chi connectivity index (χ3v) is 6.67. The molecule has 0 aliphatic heterocycles. The van der Waals surface area contributed by atoms with Crippen LogP contribution in [0.25, 0.3) is 10.9 Å². The van der Waals surface area contributed by atoms with Crippen molar-refractivity contribution in [1.82, 2.24) is 15.2 Å². The summed E-state index contributed by atoms with van der Waals surface area (Å²) < 4.78 is 0. The molecule has 0 saturated heterocycles. The van der Waals surface area contributed by atoms with Gasteiger partial charge in [-0.15, -0.1) is 0 Å². The maximum atomic E-state index is 13.2. The Balaban J connectivity index is 1.60. The highest BCUT2D eigenvalue weighted by molar-refractivity contribution is 5.83. The van der Waals surface area contributed by atoms with Crippen molar-refractivity contribution in [2.45, 2.75) is 90.3 Å². The average Bonchev–Trinajstić information content (AvgIpc) is 3.22. The van der Waals surface area contributed by atoms with Crippen molar-refractivity contribution >= 4 is 16.9 Å². The lowest BCUT2D eigenvalue weighted by atomic mass is 9.96. The van der Waals surface area contributed by atoms with E-state index in [1.54, 1.807) is 0 Å². The molecule has 2 saturated carbocycles. The third-order valence-electron chi connectivity index (χ3n) is 6.67. The summed E-state index contributed by atoms with van der Waals surface area (Å²) in [5.41, 5.74) is 3.73. The second-order valence-corrected chi connectivity index (χ2v) is 9.02. The zero-order chi connectivity index (χ0) is 20.4. The maximum Gasteiger partial charge on any atom is 0.318 e. The molecule has 2 aromatic rings. The summed E-state index contributed by atoms with van der Waals surface area (Å²) in [5.74, 6) is 0. The van der Waals surface area contributed by atoms with Gasteiger partial charge in [0.1, 0.15) is 0 Å². The number of amides is 2. The molecular formula is C24H33N3O2. The Bertz CT molecular complexity index is 937. The van der Waals surface area contributed by atoms with E-state index in [0.29, 0.717) is 12.1 Å². The molecular weight excluding hydrogens is 362 g/mol. The molecule has 2 aliphatic carbocycles. The van der Waals surface area contributed by atoms with E-state index < -0.39 is 0 Å². The van der Waals surface area contributed by atoms with Crippen LogP contribution in [0.3, 0.4) is 0 Å². The molecule has 4 rings (SSSR count). The van der Waals surface area contributed by atoms with Gasteiger partial charge in [-0.3, -0.25) is 4.79 Å². The predicted molar refractivity (Wildman–Crippen MR) is 117 cm³/mol. The number of hydrogen-bond donors (Lipinski definition) is 2. The first kappa shape index (κ1) is 20.0. The van der Waals surface area contributed by atoms with Crippen LogP contribution in [0.15, 0.2) is 23.0 Å². The summed E-state index contributed by atoms with van der Waals surface area (Å²) in [6.45, 7) is 4.47. The number of hydrogen-bond acceptors (Lipinski definition) is 2. The topological polar surface area (TPSA) is 65.2 Å². The van der Waals surface area contributed by atoms with E-state index in [4.69, 9.17) is 0 Å². The summed E-state index contributed by atoms with van der Waals surface area (Å²) in [5, 5.41) is 4.30. The van der Waals surface area contributed by atoms with Crippen LogP contribution in [-0.4, -0.2) is 28.0 Å². The first-order valence-electron chi connectivity index (χ1n) is 11.2. The van der Waals surface area contributed by atoms with Crippen LogP contribution in [0.2, 0.25) is 0 Å². The number of fused-ring (bicyclic) bond motifs is 1. The van der Waals surface area contributed by atoms with Crippen molar-refractivity contribution < 1.29 is 4.79 Å². The number of carbonyl (C=O) groups is 1. The van der Waals surface area contributed by atoms with Crippen LogP contribution < -0.4 is 10.9 Å². The molecule has 0 radical (unpaired) electrons. The van der Waals surface area contributed by atoms with E-state index in [1.807, 2.05) is 17.9 Å². The number of aryl methyl sites for hydroxylation is 2. The highest BCUT2D eigenvalue weighted by atomic mass is 16.2. The molecule has 5 nitrogen and oxygen atoms in total. The Hall–Kier alpha value is -2.30. The molecule has 2 N–H and O–H groups in total. The molecule has 1 aromatic heterocycles. The molecule has 0 bridgehead atoms. The Kier molecular flexibility index (Phi) is 5.93. The predicted octanol–water partition coefficient (Wildman–Crippen LogP) is 4.93. The summed E-state index contributed by atoms with van der Waals surface area (Å²) in [6.07, 6.45) is 10.2. The molecule has 0 spiro atoms. The molecule has 2 fully saturated rings. The van der Waals surface area contributed by atoms with Gasteiger partial charge in [0, 0.05) is 17.6 Å². The Morgan fingerprint density at radius 3 is 2.45 bits per heavy atom. The van der Waals surface area contributed by atoms with Crippen LogP contribution in [0.1, 0.15) is 74.5 Å². The van der Waals surface area contributed by atoms with Gasteiger partial charge in [0.05, 0.1) is 12.1 Å². The lowest BCUT2D eigenvalue weighted by Crippen LogP contribution is -2.49. The summed E-state index contributed by atoms with van der Waals surface area (Å²) >= 11 is 0. The highest BCUT2D eigenvalue weighted by Gasteiger charge is 2.29. The molecule has 5 heteroatoms. The van der Waals surface area contributed by atoms with Crippen molar-refractivity contribution in [1.29, 1.82) is 0 Å². The Morgan fingerprint density at radius 2 is 1.72 bits per heavy atom. The number of nitrogens with zero attached hydrogens (tertiary/aromatic N) is 1. The Labute approximate surface area is 172 Å². The fourth-order valence-electron chi connectivity index (χ4n) is 5.12. The molecule has 156 valence electrons. The maximum absolute atomic E-state index is 13.2. The van der Waals surface area contributed by atoms with E-state index in [1.165, 1.54) is 24.8 Å². The van der Waals surface area contributed by atoms with Gasteiger partial charge in [-0.25, -0.2) is 4.79 Å². The SMILES string of the molecule is Cc1cc(C)c2[nH]c(=O)c(CN(C(=O)NC3CCCCC3)C3CCCC3)cc2c1. The van der Waals surface area contributed by atoms with Crippen molar-refractivity contribution in [2.24, 2.45) is 0 Å². The fraction of sp³-hybridized carbons (Fsp3) is 0.583. The largest absolute Gasteiger partial charge is 0.335 e. The molecule has 1 heterocycles. The summed E-state index contributed by atoms with van der Waals surface area (Å²) in [4.78, 5) is 31.0. The monoisotopic (exact) mass is 395 g/mol. The number of H-pyrrole nitrogens is 1. The number of aromatic nitrogens is 1. The summed E-state index contributed by atoms with van der Waals surface area (Å²) in [6, 6.07) is 6.67. The van der Waals surface area contributed by atoms with Crippen LogP contribution in [-0.2, 0) is 6.54 Å². The zero-order valence-corrected chi connectivity index (χ0v) is 17.7. The van der Waals surface area contributed by atoms with Crippen molar-refractivity contribution in [3.8, 4) is 0 Å². The minimum absolute atomic E-state index is 0.00344. The van der Waals surface area contributed by atoms with Crippen LogP contribution in [0, 0.1) is 13.8 Å². The molecule has 0 atom stereocenters. The van der Waals surface area contributed by atoms with E-state index >= 15 is 0 Å². The van der Waals surface area contributed by atoms with Gasteiger partial charge >= 0.3 is 6.03 Å². The third kappa shape index (κ3) is 4.49. The van der Waals surface area contributed by atoms with E-state index in [-0.39, 0.29) is 23.7 Å². The van der Waals surface area contributed by atoms with Crippen LogP contribution in [0.4, 0.5) is 4.79 Å². The number of nitrogens with one attached hydrogen (secondary N) is 2. The number of rotatable bonds is 4. The summed E-state index contributed by atoms with van der Waals surface area (Å²) in [7, 11) is 0. The van der Waals surface area contributed by atoms with Gasteiger partial charge in [0.15, 0.2) is 0 Å². The number of benzene rings is 1. The second-order valence-electron chi connectivity index (χ2n) is 9.02. The standard InChI is InChI=1S/C24H33N3O2/c1-16-12-17(2)22-18(13-16)14-19(23(28)26-22)15-27(21-10-6-7-11-21)24(29)25-20-8-4-3-5-9-20/h12-14,20-21H,3-11,15H2,1-2H3,(H,25,29)(H,26,28). The molecule has 0 unspecified atom stereocenters. The fourth-order valence-corrected chi connectivity index (χ4v) is 5.12. The van der Waals surface area contributed by atoms with Gasteiger partial charge in [0.2, 0.25) is 0 Å². The van der Waals surface area contributed by atoms with Crippen molar-refractivity contribution in [2.75, 3.05) is 0 Å². The zero-order valence-electron chi connectivity index (χ0n) is 17.7. The van der Waals surface area contributed by atoms with Crippen LogP contribution in [0.5, 0.6) is 0 Å².